The molecular formula is C16H14BrClFN. The monoisotopic (exact) mass is 353 g/mol. The summed E-state index contributed by atoms with van der Waals surface area (Å²) in [6.45, 7) is 0.526. The van der Waals surface area contributed by atoms with Gasteiger partial charge < -0.3 is 5.32 Å². The van der Waals surface area contributed by atoms with Gasteiger partial charge in [0.1, 0.15) is 5.82 Å². The summed E-state index contributed by atoms with van der Waals surface area (Å²) in [7, 11) is 0. The van der Waals surface area contributed by atoms with Crippen molar-refractivity contribution in [1.82, 2.24) is 5.32 Å². The molecule has 104 valence electrons. The SMILES string of the molecule is Fc1ccc(Br)cc1CNC1CCc2cc(Cl)ccc21. The lowest BCUT2D eigenvalue weighted by atomic mass is 10.1. The van der Waals surface area contributed by atoms with Gasteiger partial charge in [-0.1, -0.05) is 33.6 Å². The van der Waals surface area contributed by atoms with Gasteiger partial charge in [0.05, 0.1) is 0 Å². The highest BCUT2D eigenvalue weighted by Gasteiger charge is 2.22. The molecule has 1 aliphatic carbocycles. The maximum absolute atomic E-state index is 13.7. The largest absolute Gasteiger partial charge is 0.306 e. The minimum atomic E-state index is -0.171. The van der Waals surface area contributed by atoms with Crippen LogP contribution >= 0.6 is 27.5 Å². The lowest BCUT2D eigenvalue weighted by Crippen LogP contribution is -2.19. The van der Waals surface area contributed by atoms with Gasteiger partial charge in [0, 0.05) is 27.6 Å². The summed E-state index contributed by atoms with van der Waals surface area (Å²) >= 11 is 9.38. The van der Waals surface area contributed by atoms with E-state index < -0.39 is 0 Å². The summed E-state index contributed by atoms with van der Waals surface area (Å²) in [6, 6.07) is 11.3. The maximum Gasteiger partial charge on any atom is 0.127 e. The van der Waals surface area contributed by atoms with Crippen LogP contribution in [0.3, 0.4) is 0 Å². The molecule has 1 N–H and O–H groups in total. The zero-order valence-corrected chi connectivity index (χ0v) is 13.1. The molecule has 0 saturated carbocycles. The number of rotatable bonds is 3. The third-order valence-electron chi connectivity index (χ3n) is 3.73. The highest BCUT2D eigenvalue weighted by molar-refractivity contribution is 9.10. The van der Waals surface area contributed by atoms with Crippen LogP contribution in [0.1, 0.15) is 29.2 Å². The van der Waals surface area contributed by atoms with Crippen LogP contribution in [0.15, 0.2) is 40.9 Å². The average Bonchev–Trinajstić information content (AvgIpc) is 2.82. The zero-order valence-electron chi connectivity index (χ0n) is 10.8. The van der Waals surface area contributed by atoms with E-state index in [9.17, 15) is 4.39 Å². The molecule has 2 aromatic carbocycles. The first-order valence-electron chi connectivity index (χ1n) is 6.59. The van der Waals surface area contributed by atoms with Crippen molar-refractivity contribution in [2.75, 3.05) is 0 Å². The molecule has 1 aliphatic rings. The molecule has 1 unspecified atom stereocenters. The highest BCUT2D eigenvalue weighted by atomic mass is 79.9. The second-order valence-electron chi connectivity index (χ2n) is 5.05. The normalized spacial score (nSPS) is 17.2. The van der Waals surface area contributed by atoms with Crippen LogP contribution in [0.25, 0.3) is 0 Å². The van der Waals surface area contributed by atoms with Crippen molar-refractivity contribution in [1.29, 1.82) is 0 Å². The maximum atomic E-state index is 13.7. The Morgan fingerprint density at radius 2 is 2.10 bits per heavy atom. The number of benzene rings is 2. The van der Waals surface area contributed by atoms with E-state index in [0.717, 1.165) is 22.3 Å². The van der Waals surface area contributed by atoms with Gasteiger partial charge in [-0.05, 0) is 54.3 Å². The summed E-state index contributed by atoms with van der Waals surface area (Å²) in [5, 5.41) is 4.22. The number of nitrogens with one attached hydrogen (secondary N) is 1. The van der Waals surface area contributed by atoms with Crippen LogP contribution in [0.4, 0.5) is 4.39 Å². The first-order valence-corrected chi connectivity index (χ1v) is 7.76. The van der Waals surface area contributed by atoms with E-state index in [1.165, 1.54) is 17.2 Å². The summed E-state index contributed by atoms with van der Waals surface area (Å²) in [6.07, 6.45) is 2.06. The number of hydrogen-bond donors (Lipinski definition) is 1. The molecule has 0 bridgehead atoms. The van der Waals surface area contributed by atoms with E-state index in [1.807, 2.05) is 18.2 Å². The van der Waals surface area contributed by atoms with Gasteiger partial charge >= 0.3 is 0 Å². The molecule has 0 radical (unpaired) electrons. The molecule has 4 heteroatoms. The van der Waals surface area contributed by atoms with E-state index in [-0.39, 0.29) is 11.9 Å². The molecule has 0 aromatic heterocycles. The molecule has 0 spiro atoms. The van der Waals surface area contributed by atoms with Crippen molar-refractivity contribution in [2.45, 2.75) is 25.4 Å². The van der Waals surface area contributed by atoms with Crippen LogP contribution in [0.5, 0.6) is 0 Å². The number of aryl methyl sites for hydroxylation is 1. The quantitative estimate of drug-likeness (QED) is 0.816. The Balaban J connectivity index is 1.73. The van der Waals surface area contributed by atoms with Gasteiger partial charge in [0.15, 0.2) is 0 Å². The molecule has 3 rings (SSSR count). The van der Waals surface area contributed by atoms with E-state index in [2.05, 4.69) is 27.3 Å². The topological polar surface area (TPSA) is 12.0 Å². The van der Waals surface area contributed by atoms with E-state index in [0.29, 0.717) is 12.1 Å². The third kappa shape index (κ3) is 2.90. The lowest BCUT2D eigenvalue weighted by Gasteiger charge is -2.14. The van der Waals surface area contributed by atoms with Crippen molar-refractivity contribution in [3.05, 3.63) is 68.4 Å². The Hall–Kier alpha value is -0.900. The molecule has 0 heterocycles. The highest BCUT2D eigenvalue weighted by Crippen LogP contribution is 2.33. The Bertz CT molecular complexity index is 644. The minimum absolute atomic E-state index is 0.171. The van der Waals surface area contributed by atoms with Gasteiger partial charge in [-0.25, -0.2) is 4.39 Å². The fourth-order valence-corrected chi connectivity index (χ4v) is 3.31. The molecule has 0 aliphatic heterocycles. The molecule has 20 heavy (non-hydrogen) atoms. The van der Waals surface area contributed by atoms with Crippen LogP contribution in [-0.4, -0.2) is 0 Å². The predicted molar refractivity (Wildman–Crippen MR) is 83.5 cm³/mol. The molecule has 2 aromatic rings. The van der Waals surface area contributed by atoms with E-state index in [4.69, 9.17) is 11.6 Å². The molecular weight excluding hydrogens is 341 g/mol. The summed E-state index contributed by atoms with van der Waals surface area (Å²) in [5.74, 6) is -0.171. The zero-order chi connectivity index (χ0) is 14.1. The van der Waals surface area contributed by atoms with Crippen LogP contribution in [-0.2, 0) is 13.0 Å². The Kier molecular flexibility index (Phi) is 4.11. The van der Waals surface area contributed by atoms with Gasteiger partial charge in [-0.3, -0.25) is 0 Å². The second kappa shape index (κ2) is 5.84. The molecule has 1 nitrogen and oxygen atoms in total. The first-order chi connectivity index (χ1) is 9.63. The lowest BCUT2D eigenvalue weighted by molar-refractivity contribution is 0.513. The van der Waals surface area contributed by atoms with Gasteiger partial charge in [-0.15, -0.1) is 0 Å². The fourth-order valence-electron chi connectivity index (χ4n) is 2.71. The van der Waals surface area contributed by atoms with Gasteiger partial charge in [0.2, 0.25) is 0 Å². The molecule has 0 fully saturated rings. The Labute approximate surface area is 131 Å². The summed E-state index contributed by atoms with van der Waals surface area (Å²) in [4.78, 5) is 0. The molecule has 0 amide bonds. The average molecular weight is 355 g/mol. The number of hydrogen-bond acceptors (Lipinski definition) is 1. The molecule has 0 saturated heterocycles. The van der Waals surface area contributed by atoms with Crippen molar-refractivity contribution < 1.29 is 4.39 Å². The fraction of sp³-hybridized carbons (Fsp3) is 0.250. The smallest absolute Gasteiger partial charge is 0.127 e. The van der Waals surface area contributed by atoms with E-state index >= 15 is 0 Å². The minimum Gasteiger partial charge on any atom is -0.306 e. The molecule has 1 atom stereocenters. The van der Waals surface area contributed by atoms with Crippen molar-refractivity contribution >= 4 is 27.5 Å². The van der Waals surface area contributed by atoms with Gasteiger partial charge in [0.25, 0.3) is 0 Å². The van der Waals surface area contributed by atoms with Crippen LogP contribution in [0.2, 0.25) is 5.02 Å². The van der Waals surface area contributed by atoms with Crippen molar-refractivity contribution in [3.63, 3.8) is 0 Å². The van der Waals surface area contributed by atoms with Crippen molar-refractivity contribution in [2.24, 2.45) is 0 Å². The van der Waals surface area contributed by atoms with E-state index in [1.54, 1.807) is 6.07 Å². The van der Waals surface area contributed by atoms with Crippen molar-refractivity contribution in [3.8, 4) is 0 Å². The summed E-state index contributed by atoms with van der Waals surface area (Å²) in [5.41, 5.74) is 3.26. The van der Waals surface area contributed by atoms with Crippen LogP contribution < -0.4 is 5.32 Å². The van der Waals surface area contributed by atoms with Crippen LogP contribution in [0, 0.1) is 5.82 Å². The second-order valence-corrected chi connectivity index (χ2v) is 6.40. The third-order valence-corrected chi connectivity index (χ3v) is 4.46. The first kappa shape index (κ1) is 14.1. The number of halogens is 3. The summed E-state index contributed by atoms with van der Waals surface area (Å²) < 4.78 is 14.6. The Morgan fingerprint density at radius 1 is 1.25 bits per heavy atom. The Morgan fingerprint density at radius 3 is 2.95 bits per heavy atom. The predicted octanol–water partition coefficient (Wildman–Crippen LogP) is 5.02. The standard InChI is InChI=1S/C16H14BrClFN/c17-12-2-5-15(19)11(7-12)9-20-16-6-1-10-8-13(18)3-4-14(10)16/h2-5,7-8,16,20H,1,6,9H2. The number of fused-ring (bicyclic) bond motifs is 1. The van der Waals surface area contributed by atoms with Gasteiger partial charge in [-0.2, -0.15) is 0 Å².